The molecule has 2 nitrogen and oxygen atoms in total. The lowest BCUT2D eigenvalue weighted by Crippen LogP contribution is -2.10. The zero-order chi connectivity index (χ0) is 12.7. The van der Waals surface area contributed by atoms with Crippen LogP contribution in [0, 0.1) is 11.8 Å². The summed E-state index contributed by atoms with van der Waals surface area (Å²) in [5.74, 6) is 7.15. The highest BCUT2D eigenvalue weighted by atomic mass is 16.5. The van der Waals surface area contributed by atoms with Gasteiger partial charge in [-0.25, -0.2) is 0 Å². The summed E-state index contributed by atoms with van der Waals surface area (Å²) in [5, 5.41) is 0. The SMILES string of the molecule is CCCC#CCN(C)C.COc1ccc2cc1-2. The van der Waals surface area contributed by atoms with E-state index in [1.165, 1.54) is 17.5 Å². The molecule has 0 aliphatic heterocycles. The van der Waals surface area contributed by atoms with E-state index < -0.39 is 0 Å². The normalized spacial score (nSPS) is 9.94. The highest BCUT2D eigenvalue weighted by molar-refractivity contribution is 5.87. The van der Waals surface area contributed by atoms with Gasteiger partial charge >= 0.3 is 0 Å². The van der Waals surface area contributed by atoms with Crippen molar-refractivity contribution in [3.05, 3.63) is 18.2 Å². The number of rotatable bonds is 3. The predicted octanol–water partition coefficient (Wildman–Crippen LogP) is 3.03. The maximum absolute atomic E-state index is 5.01. The Morgan fingerprint density at radius 2 is 2.00 bits per heavy atom. The largest absolute Gasteiger partial charge is 0.496 e. The molecule has 92 valence electrons. The maximum atomic E-state index is 5.01. The summed E-state index contributed by atoms with van der Waals surface area (Å²) in [7, 11) is 5.75. The third-order valence-corrected chi connectivity index (χ3v) is 2.32. The Morgan fingerprint density at radius 1 is 1.24 bits per heavy atom. The lowest BCUT2D eigenvalue weighted by Gasteiger charge is -2.00. The van der Waals surface area contributed by atoms with E-state index in [0.717, 1.165) is 18.7 Å². The lowest BCUT2D eigenvalue weighted by molar-refractivity contribution is 0.418. The summed E-state index contributed by atoms with van der Waals surface area (Å²) in [6.07, 6.45) is 2.20. The lowest BCUT2D eigenvalue weighted by atomic mass is 10.3. The van der Waals surface area contributed by atoms with Gasteiger partial charge in [0.2, 0.25) is 0 Å². The molecule has 0 N–H and O–H groups in total. The predicted molar refractivity (Wildman–Crippen MR) is 73.2 cm³/mol. The fourth-order valence-electron chi connectivity index (χ4n) is 1.33. The monoisotopic (exact) mass is 231 g/mol. The second-order valence-corrected chi connectivity index (χ2v) is 4.26. The van der Waals surface area contributed by atoms with Crippen molar-refractivity contribution < 1.29 is 4.74 Å². The molecule has 2 aliphatic rings. The van der Waals surface area contributed by atoms with Crippen molar-refractivity contribution in [3.63, 3.8) is 0 Å². The van der Waals surface area contributed by atoms with Crippen molar-refractivity contribution in [2.45, 2.75) is 19.8 Å². The van der Waals surface area contributed by atoms with Gasteiger partial charge in [-0.1, -0.05) is 18.9 Å². The number of methoxy groups -OCH3 is 1. The molecule has 0 fully saturated rings. The smallest absolute Gasteiger partial charge is 0.126 e. The van der Waals surface area contributed by atoms with Crippen LogP contribution in [0.3, 0.4) is 0 Å². The summed E-state index contributed by atoms with van der Waals surface area (Å²) < 4.78 is 5.01. The number of hydrogen-bond donors (Lipinski definition) is 0. The molecule has 0 spiro atoms. The zero-order valence-electron chi connectivity index (χ0n) is 11.2. The van der Waals surface area contributed by atoms with E-state index in [0.29, 0.717) is 0 Å². The molecule has 2 heteroatoms. The van der Waals surface area contributed by atoms with Crippen molar-refractivity contribution in [1.82, 2.24) is 4.90 Å². The van der Waals surface area contributed by atoms with Gasteiger partial charge in [-0.05, 0) is 38.2 Å². The minimum atomic E-state index is 0.889. The van der Waals surface area contributed by atoms with E-state index in [-0.39, 0.29) is 0 Å². The van der Waals surface area contributed by atoms with Crippen molar-refractivity contribution in [2.75, 3.05) is 27.7 Å². The van der Waals surface area contributed by atoms with E-state index in [9.17, 15) is 0 Å². The average molecular weight is 231 g/mol. The van der Waals surface area contributed by atoms with Gasteiger partial charge in [0.15, 0.2) is 0 Å². The van der Waals surface area contributed by atoms with Crippen molar-refractivity contribution in [3.8, 4) is 28.7 Å². The van der Waals surface area contributed by atoms with Gasteiger partial charge in [0.05, 0.1) is 13.7 Å². The van der Waals surface area contributed by atoms with Crippen LogP contribution in [0.1, 0.15) is 19.8 Å². The number of unbranched alkanes of at least 4 members (excludes halogenated alkanes) is 1. The molecule has 0 bridgehead atoms. The first-order valence-electron chi connectivity index (χ1n) is 5.98. The zero-order valence-corrected chi connectivity index (χ0v) is 11.2. The number of fused-ring (bicyclic) bond motifs is 1. The third kappa shape index (κ3) is 4.93. The van der Waals surface area contributed by atoms with Crippen LogP contribution in [0.5, 0.6) is 5.75 Å². The van der Waals surface area contributed by atoms with Gasteiger partial charge in [0.1, 0.15) is 5.75 Å². The van der Waals surface area contributed by atoms with Crippen LogP contribution in [0.2, 0.25) is 0 Å². The highest BCUT2D eigenvalue weighted by Gasteiger charge is 2.16. The summed E-state index contributed by atoms with van der Waals surface area (Å²) in [6.45, 7) is 3.03. The standard InChI is InChI=1S/C8H15N.C7H6O/c1-4-5-6-7-8-9(2)3;1-8-7-3-2-5-4-6(5)7/h4-5,8H2,1-3H3;2-4H,1H3. The molecule has 0 aromatic rings. The molecular weight excluding hydrogens is 210 g/mol. The maximum Gasteiger partial charge on any atom is 0.126 e. The van der Waals surface area contributed by atoms with E-state index in [1.54, 1.807) is 7.11 Å². The molecule has 0 saturated heterocycles. The minimum absolute atomic E-state index is 0.889. The van der Waals surface area contributed by atoms with Crippen LogP contribution in [-0.4, -0.2) is 32.6 Å². The Morgan fingerprint density at radius 3 is 2.35 bits per heavy atom. The van der Waals surface area contributed by atoms with Gasteiger partial charge in [0, 0.05) is 12.0 Å². The van der Waals surface area contributed by atoms with E-state index in [2.05, 4.69) is 35.8 Å². The quantitative estimate of drug-likeness (QED) is 0.753. The Bertz CT molecular complexity index is 413. The summed E-state index contributed by atoms with van der Waals surface area (Å²) in [4.78, 5) is 2.07. The topological polar surface area (TPSA) is 12.5 Å². The Kier molecular flexibility index (Phi) is 5.59. The van der Waals surface area contributed by atoms with Gasteiger partial charge < -0.3 is 4.74 Å². The minimum Gasteiger partial charge on any atom is -0.496 e. The number of nitrogens with zero attached hydrogens (tertiary/aromatic N) is 1. The van der Waals surface area contributed by atoms with Gasteiger partial charge in [0.25, 0.3) is 0 Å². The molecule has 0 heterocycles. The molecule has 0 atom stereocenters. The molecule has 17 heavy (non-hydrogen) atoms. The first kappa shape index (κ1) is 13.6. The molecule has 0 unspecified atom stereocenters. The first-order chi connectivity index (χ1) is 8.19. The number of hydrogen-bond acceptors (Lipinski definition) is 2. The molecule has 0 radical (unpaired) electrons. The van der Waals surface area contributed by atoms with Gasteiger partial charge in [-0.2, -0.15) is 0 Å². The Labute approximate surface area is 105 Å². The van der Waals surface area contributed by atoms with Crippen LogP contribution in [0.25, 0.3) is 11.1 Å². The van der Waals surface area contributed by atoms with E-state index in [4.69, 9.17) is 4.74 Å². The van der Waals surface area contributed by atoms with Crippen molar-refractivity contribution in [2.24, 2.45) is 0 Å². The fraction of sp³-hybridized carbons (Fsp3) is 0.467. The van der Waals surface area contributed by atoms with Crippen molar-refractivity contribution >= 4 is 0 Å². The third-order valence-electron chi connectivity index (χ3n) is 2.32. The Hall–Kier alpha value is -1.46. The molecule has 0 saturated carbocycles. The number of benzene rings is 1. The average Bonchev–Trinajstić information content (AvgIpc) is 2.98. The van der Waals surface area contributed by atoms with Crippen molar-refractivity contribution in [1.29, 1.82) is 0 Å². The molecule has 2 aliphatic carbocycles. The van der Waals surface area contributed by atoms with Crippen LogP contribution >= 0.6 is 0 Å². The van der Waals surface area contributed by atoms with Crippen LogP contribution in [0.4, 0.5) is 0 Å². The number of ether oxygens (including phenoxy) is 1. The summed E-state index contributed by atoms with van der Waals surface area (Å²) in [6, 6.07) is 6.16. The van der Waals surface area contributed by atoms with Gasteiger partial charge in [-0.15, -0.1) is 5.92 Å². The van der Waals surface area contributed by atoms with Crippen LogP contribution in [-0.2, 0) is 0 Å². The molecule has 0 aromatic carbocycles. The Balaban J connectivity index is 0.000000170. The molecular formula is C15H21NO. The van der Waals surface area contributed by atoms with Gasteiger partial charge in [-0.3, -0.25) is 4.90 Å². The van der Waals surface area contributed by atoms with Crippen LogP contribution < -0.4 is 4.74 Å². The fourth-order valence-corrected chi connectivity index (χ4v) is 1.33. The summed E-state index contributed by atoms with van der Waals surface area (Å²) in [5.41, 5.74) is 2.62. The first-order valence-corrected chi connectivity index (χ1v) is 5.98. The van der Waals surface area contributed by atoms with E-state index >= 15 is 0 Å². The second kappa shape index (κ2) is 6.98. The van der Waals surface area contributed by atoms with E-state index in [1.807, 2.05) is 20.2 Å². The molecule has 2 rings (SSSR count). The second-order valence-electron chi connectivity index (χ2n) is 4.26. The highest BCUT2D eigenvalue weighted by Crippen LogP contribution is 2.43. The molecule has 0 aromatic heterocycles. The van der Waals surface area contributed by atoms with Crippen LogP contribution in [0.15, 0.2) is 18.2 Å². The molecule has 0 amide bonds. The summed E-state index contributed by atoms with van der Waals surface area (Å²) >= 11 is 0.